The van der Waals surface area contributed by atoms with E-state index in [1.54, 1.807) is 12.5 Å². The summed E-state index contributed by atoms with van der Waals surface area (Å²) in [6.45, 7) is 4.12. The SMILES string of the molecule is Cc1c(Cl)cccc1-n1ncnc1CC(C)n1ccnc1. The second kappa shape index (κ2) is 5.69. The van der Waals surface area contributed by atoms with Crippen molar-refractivity contribution in [1.29, 1.82) is 0 Å². The van der Waals surface area contributed by atoms with Crippen LogP contribution in [-0.2, 0) is 6.42 Å². The average Bonchev–Trinajstić information content (AvgIpc) is 3.13. The van der Waals surface area contributed by atoms with Gasteiger partial charge in [-0.05, 0) is 31.5 Å². The van der Waals surface area contributed by atoms with Gasteiger partial charge < -0.3 is 4.57 Å². The number of rotatable bonds is 4. The molecule has 0 aliphatic rings. The molecule has 1 aromatic carbocycles. The van der Waals surface area contributed by atoms with Gasteiger partial charge in [0.1, 0.15) is 12.2 Å². The minimum Gasteiger partial charge on any atom is -0.334 e. The molecule has 0 aliphatic heterocycles. The van der Waals surface area contributed by atoms with Crippen molar-refractivity contribution >= 4 is 11.6 Å². The Morgan fingerprint density at radius 3 is 2.95 bits per heavy atom. The highest BCUT2D eigenvalue weighted by Crippen LogP contribution is 2.23. The summed E-state index contributed by atoms with van der Waals surface area (Å²) in [5.74, 6) is 0.904. The summed E-state index contributed by atoms with van der Waals surface area (Å²) in [6, 6.07) is 6.07. The Bertz CT molecular complexity index is 732. The summed E-state index contributed by atoms with van der Waals surface area (Å²) < 4.78 is 3.92. The smallest absolute Gasteiger partial charge is 0.138 e. The summed E-state index contributed by atoms with van der Waals surface area (Å²) in [6.07, 6.45) is 7.90. The molecule has 0 radical (unpaired) electrons. The van der Waals surface area contributed by atoms with Gasteiger partial charge in [0, 0.05) is 29.9 Å². The van der Waals surface area contributed by atoms with E-state index in [0.717, 1.165) is 28.5 Å². The number of benzene rings is 1. The molecule has 0 spiro atoms. The Balaban J connectivity index is 1.92. The molecule has 0 saturated carbocycles. The van der Waals surface area contributed by atoms with Crippen LogP contribution in [0.25, 0.3) is 5.69 Å². The fourth-order valence-electron chi connectivity index (χ4n) is 2.33. The molecule has 2 aromatic heterocycles. The van der Waals surface area contributed by atoms with Crippen molar-refractivity contribution in [2.24, 2.45) is 0 Å². The largest absolute Gasteiger partial charge is 0.334 e. The molecule has 0 aliphatic carbocycles. The number of halogens is 1. The summed E-state index contributed by atoms with van der Waals surface area (Å²) in [4.78, 5) is 8.47. The van der Waals surface area contributed by atoms with E-state index in [0.29, 0.717) is 0 Å². The van der Waals surface area contributed by atoms with Gasteiger partial charge >= 0.3 is 0 Å². The second-order valence-corrected chi connectivity index (χ2v) is 5.44. The van der Waals surface area contributed by atoms with Crippen LogP contribution >= 0.6 is 11.6 Å². The lowest BCUT2D eigenvalue weighted by molar-refractivity contribution is 0.523. The van der Waals surface area contributed by atoms with Gasteiger partial charge in [0.2, 0.25) is 0 Å². The first-order valence-corrected chi connectivity index (χ1v) is 7.16. The van der Waals surface area contributed by atoms with Crippen LogP contribution in [0.2, 0.25) is 5.02 Å². The van der Waals surface area contributed by atoms with Crippen molar-refractivity contribution in [3.63, 3.8) is 0 Å². The average molecular weight is 302 g/mol. The maximum Gasteiger partial charge on any atom is 0.138 e. The van der Waals surface area contributed by atoms with Crippen molar-refractivity contribution in [1.82, 2.24) is 24.3 Å². The minimum atomic E-state index is 0.259. The van der Waals surface area contributed by atoms with E-state index >= 15 is 0 Å². The number of aromatic nitrogens is 5. The Morgan fingerprint density at radius 2 is 2.19 bits per heavy atom. The fourth-order valence-corrected chi connectivity index (χ4v) is 2.50. The van der Waals surface area contributed by atoms with E-state index in [4.69, 9.17) is 11.6 Å². The van der Waals surface area contributed by atoms with Gasteiger partial charge in [0.25, 0.3) is 0 Å². The van der Waals surface area contributed by atoms with Crippen LogP contribution in [0, 0.1) is 6.92 Å². The van der Waals surface area contributed by atoms with E-state index in [9.17, 15) is 0 Å². The van der Waals surface area contributed by atoms with E-state index in [1.807, 2.05) is 42.3 Å². The molecule has 0 N–H and O–H groups in total. The van der Waals surface area contributed by atoms with Crippen LogP contribution in [0.3, 0.4) is 0 Å². The predicted molar refractivity (Wildman–Crippen MR) is 81.7 cm³/mol. The molecule has 3 aromatic rings. The van der Waals surface area contributed by atoms with Crippen molar-refractivity contribution in [3.05, 3.63) is 59.7 Å². The van der Waals surface area contributed by atoms with Crippen LogP contribution < -0.4 is 0 Å². The van der Waals surface area contributed by atoms with Crippen LogP contribution in [0.5, 0.6) is 0 Å². The van der Waals surface area contributed by atoms with E-state index < -0.39 is 0 Å². The highest BCUT2D eigenvalue weighted by Gasteiger charge is 2.14. The number of hydrogen-bond acceptors (Lipinski definition) is 3. The molecule has 0 saturated heterocycles. The zero-order chi connectivity index (χ0) is 14.8. The van der Waals surface area contributed by atoms with Gasteiger partial charge in [0.05, 0.1) is 12.0 Å². The molecular formula is C15H16ClN5. The van der Waals surface area contributed by atoms with Crippen LogP contribution in [0.15, 0.2) is 43.2 Å². The van der Waals surface area contributed by atoms with Crippen molar-refractivity contribution in [2.45, 2.75) is 26.3 Å². The monoisotopic (exact) mass is 301 g/mol. The number of nitrogens with zero attached hydrogens (tertiary/aromatic N) is 5. The summed E-state index contributed by atoms with van der Waals surface area (Å²) >= 11 is 6.20. The Labute approximate surface area is 128 Å². The van der Waals surface area contributed by atoms with Gasteiger partial charge in [-0.15, -0.1) is 0 Å². The number of hydrogen-bond donors (Lipinski definition) is 0. The Hall–Kier alpha value is -2.14. The minimum absolute atomic E-state index is 0.259. The topological polar surface area (TPSA) is 48.5 Å². The lowest BCUT2D eigenvalue weighted by atomic mass is 10.2. The first kappa shape index (κ1) is 13.8. The van der Waals surface area contributed by atoms with Crippen LogP contribution in [0.1, 0.15) is 24.4 Å². The van der Waals surface area contributed by atoms with Gasteiger partial charge in [-0.2, -0.15) is 5.10 Å². The molecule has 1 atom stereocenters. The molecular weight excluding hydrogens is 286 g/mol. The van der Waals surface area contributed by atoms with Gasteiger partial charge in [-0.1, -0.05) is 17.7 Å². The van der Waals surface area contributed by atoms with Gasteiger partial charge in [-0.3, -0.25) is 0 Å². The molecule has 6 heteroatoms. The molecule has 1 unspecified atom stereocenters. The summed E-state index contributed by atoms with van der Waals surface area (Å²) in [5, 5.41) is 5.08. The number of imidazole rings is 1. The zero-order valence-corrected chi connectivity index (χ0v) is 12.7. The molecule has 108 valence electrons. The van der Waals surface area contributed by atoms with E-state index in [2.05, 4.69) is 26.6 Å². The fraction of sp³-hybridized carbons (Fsp3) is 0.267. The third-order valence-electron chi connectivity index (χ3n) is 3.60. The molecule has 0 fully saturated rings. The molecule has 5 nitrogen and oxygen atoms in total. The van der Waals surface area contributed by atoms with Gasteiger partial charge in [0.15, 0.2) is 0 Å². The standard InChI is InChI=1S/C15H16ClN5/c1-11(20-7-6-17-10-20)8-15-18-9-19-21(15)14-5-3-4-13(16)12(14)2/h3-7,9-11H,8H2,1-2H3. The van der Waals surface area contributed by atoms with Crippen LogP contribution in [-0.4, -0.2) is 24.3 Å². The zero-order valence-electron chi connectivity index (χ0n) is 11.9. The lowest BCUT2D eigenvalue weighted by Crippen LogP contribution is -2.12. The Kier molecular flexibility index (Phi) is 3.75. The van der Waals surface area contributed by atoms with Crippen molar-refractivity contribution in [3.8, 4) is 5.69 Å². The molecule has 0 amide bonds. The maximum absolute atomic E-state index is 6.20. The van der Waals surface area contributed by atoms with E-state index in [1.165, 1.54) is 0 Å². The summed E-state index contributed by atoms with van der Waals surface area (Å²) in [7, 11) is 0. The van der Waals surface area contributed by atoms with Gasteiger partial charge in [-0.25, -0.2) is 14.6 Å². The molecule has 3 rings (SSSR count). The maximum atomic E-state index is 6.20. The van der Waals surface area contributed by atoms with Crippen molar-refractivity contribution < 1.29 is 0 Å². The predicted octanol–water partition coefficient (Wildman–Crippen LogP) is 3.23. The highest BCUT2D eigenvalue weighted by molar-refractivity contribution is 6.31. The van der Waals surface area contributed by atoms with Crippen LogP contribution in [0.4, 0.5) is 0 Å². The molecule has 21 heavy (non-hydrogen) atoms. The molecule has 0 bridgehead atoms. The first-order valence-electron chi connectivity index (χ1n) is 6.78. The van der Waals surface area contributed by atoms with Crippen molar-refractivity contribution in [2.75, 3.05) is 0 Å². The highest BCUT2D eigenvalue weighted by atomic mass is 35.5. The third-order valence-corrected chi connectivity index (χ3v) is 4.01. The lowest BCUT2D eigenvalue weighted by Gasteiger charge is -2.14. The third kappa shape index (κ3) is 2.69. The normalized spacial score (nSPS) is 12.5. The summed E-state index contributed by atoms with van der Waals surface area (Å²) in [5.41, 5.74) is 1.97. The second-order valence-electron chi connectivity index (χ2n) is 5.04. The Morgan fingerprint density at radius 1 is 1.33 bits per heavy atom. The molecule has 2 heterocycles. The quantitative estimate of drug-likeness (QED) is 0.743. The first-order chi connectivity index (χ1) is 10.2. The van der Waals surface area contributed by atoms with E-state index in [-0.39, 0.29) is 6.04 Å².